The maximum Gasteiger partial charge on any atom is 0.410 e. The van der Waals surface area contributed by atoms with Crippen LogP contribution in [0.15, 0.2) is 0 Å². The summed E-state index contributed by atoms with van der Waals surface area (Å²) in [7, 11) is 0. The number of hydrogen-bond donors (Lipinski definition) is 0. The van der Waals surface area contributed by atoms with Crippen LogP contribution in [-0.2, 0) is 19.0 Å². The third-order valence-corrected chi connectivity index (χ3v) is 5.28. The van der Waals surface area contributed by atoms with Gasteiger partial charge in [0, 0.05) is 31.6 Å². The minimum Gasteiger partial charge on any atom is -0.466 e. The number of esters is 1. The molecule has 0 aromatic rings. The van der Waals surface area contributed by atoms with Gasteiger partial charge in [-0.3, -0.25) is 4.79 Å². The lowest BCUT2D eigenvalue weighted by Gasteiger charge is -2.41. The van der Waals surface area contributed by atoms with Gasteiger partial charge in [-0.2, -0.15) is 0 Å². The normalized spacial score (nSPS) is 21.8. The lowest BCUT2D eigenvalue weighted by molar-refractivity contribution is -0.152. The van der Waals surface area contributed by atoms with Crippen LogP contribution in [0.4, 0.5) is 9.59 Å². The average molecular weight is 413 g/mol. The molecule has 2 heterocycles. The molecule has 0 aromatic carbocycles. The number of hydrogen-bond acceptors (Lipinski definition) is 6. The van der Waals surface area contributed by atoms with Gasteiger partial charge in [-0.05, 0) is 61.3 Å². The van der Waals surface area contributed by atoms with E-state index in [2.05, 4.69) is 0 Å². The van der Waals surface area contributed by atoms with Gasteiger partial charge in [0.2, 0.25) is 0 Å². The number of rotatable bonds is 2. The van der Waals surface area contributed by atoms with E-state index in [1.54, 1.807) is 16.7 Å². The van der Waals surface area contributed by atoms with Gasteiger partial charge in [-0.15, -0.1) is 0 Å². The first-order valence-corrected chi connectivity index (χ1v) is 10.4. The number of carbonyl (C=O) groups is 3. The van der Waals surface area contributed by atoms with E-state index >= 15 is 0 Å². The largest absolute Gasteiger partial charge is 0.466 e. The van der Waals surface area contributed by atoms with Gasteiger partial charge in [0.15, 0.2) is 0 Å². The van der Waals surface area contributed by atoms with Crippen molar-refractivity contribution in [3.63, 3.8) is 0 Å². The molecule has 0 bridgehead atoms. The smallest absolute Gasteiger partial charge is 0.410 e. The Balaban J connectivity index is 2.12. The molecule has 0 N–H and O–H groups in total. The third-order valence-electron chi connectivity index (χ3n) is 5.28. The number of piperidine rings is 1. The Morgan fingerprint density at radius 2 is 1.38 bits per heavy atom. The van der Waals surface area contributed by atoms with Crippen molar-refractivity contribution in [2.24, 2.45) is 11.3 Å². The zero-order valence-electron chi connectivity index (χ0n) is 18.9. The van der Waals surface area contributed by atoms with E-state index in [1.807, 2.05) is 41.5 Å². The van der Waals surface area contributed by atoms with Crippen LogP contribution in [0.3, 0.4) is 0 Å². The summed E-state index contributed by atoms with van der Waals surface area (Å²) in [5.41, 5.74) is -1.57. The fourth-order valence-electron chi connectivity index (χ4n) is 3.97. The summed E-state index contributed by atoms with van der Waals surface area (Å²) in [5, 5.41) is 0. The summed E-state index contributed by atoms with van der Waals surface area (Å²) in [5.74, 6) is -0.708. The van der Waals surface area contributed by atoms with Gasteiger partial charge in [-0.25, -0.2) is 9.59 Å². The van der Waals surface area contributed by atoms with E-state index < -0.39 is 28.6 Å². The number of ether oxygens (including phenoxy) is 3. The number of likely N-dealkylation sites (tertiary alicyclic amines) is 2. The van der Waals surface area contributed by atoms with Crippen molar-refractivity contribution < 1.29 is 28.6 Å². The van der Waals surface area contributed by atoms with E-state index in [4.69, 9.17) is 14.2 Å². The predicted molar refractivity (Wildman–Crippen MR) is 107 cm³/mol. The highest BCUT2D eigenvalue weighted by atomic mass is 16.6. The van der Waals surface area contributed by atoms with Gasteiger partial charge >= 0.3 is 18.2 Å². The molecule has 166 valence electrons. The van der Waals surface area contributed by atoms with E-state index in [0.717, 1.165) is 0 Å². The van der Waals surface area contributed by atoms with Crippen LogP contribution in [0, 0.1) is 11.3 Å². The summed E-state index contributed by atoms with van der Waals surface area (Å²) < 4.78 is 16.3. The molecule has 1 atom stereocenters. The summed E-state index contributed by atoms with van der Waals surface area (Å²) >= 11 is 0. The van der Waals surface area contributed by atoms with Crippen molar-refractivity contribution in [3.8, 4) is 0 Å². The molecule has 0 radical (unpaired) electrons. The lowest BCUT2D eigenvalue weighted by atomic mass is 9.71. The molecular formula is C21H36N2O6. The zero-order chi connectivity index (χ0) is 22.0. The van der Waals surface area contributed by atoms with Crippen molar-refractivity contribution in [1.82, 2.24) is 9.80 Å². The first kappa shape index (κ1) is 23.3. The van der Waals surface area contributed by atoms with Gasteiger partial charge < -0.3 is 24.0 Å². The fraction of sp³-hybridized carbons (Fsp3) is 0.857. The number of amides is 2. The van der Waals surface area contributed by atoms with Crippen molar-refractivity contribution in [1.29, 1.82) is 0 Å². The second kappa shape index (κ2) is 8.40. The lowest BCUT2D eigenvalue weighted by Crippen LogP contribution is -2.49. The Labute approximate surface area is 173 Å². The first-order valence-electron chi connectivity index (χ1n) is 10.4. The van der Waals surface area contributed by atoms with Crippen LogP contribution >= 0.6 is 0 Å². The van der Waals surface area contributed by atoms with Crippen LogP contribution in [0.1, 0.15) is 61.3 Å². The second-order valence-electron chi connectivity index (χ2n) is 10.00. The van der Waals surface area contributed by atoms with Gasteiger partial charge in [0.1, 0.15) is 11.2 Å². The topological polar surface area (TPSA) is 85.4 Å². The van der Waals surface area contributed by atoms with Crippen molar-refractivity contribution >= 4 is 18.2 Å². The van der Waals surface area contributed by atoms with Crippen molar-refractivity contribution in [2.75, 3.05) is 32.8 Å². The summed E-state index contributed by atoms with van der Waals surface area (Å²) in [6.45, 7) is 14.7. The standard InChI is InChI=1S/C21H36N2O6/c1-8-27-16(24)15-13-23(18(26)29-20(5,6)7)14-21(15)9-11-22(12-10-21)17(25)28-19(2,3)4/h15H,8-14H2,1-7H3. The highest BCUT2D eigenvalue weighted by molar-refractivity contribution is 5.77. The molecule has 0 aromatic heterocycles. The number of carbonyl (C=O) groups excluding carboxylic acids is 3. The third kappa shape index (κ3) is 6.00. The summed E-state index contributed by atoms with van der Waals surface area (Å²) in [6, 6.07) is 0. The second-order valence-corrected chi connectivity index (χ2v) is 10.00. The number of nitrogens with zero attached hydrogens (tertiary/aromatic N) is 2. The molecule has 0 saturated carbocycles. The maximum absolute atomic E-state index is 12.7. The van der Waals surface area contributed by atoms with Crippen LogP contribution in [-0.4, -0.2) is 71.9 Å². The highest BCUT2D eigenvalue weighted by Crippen LogP contribution is 2.45. The molecule has 2 saturated heterocycles. The molecule has 2 rings (SSSR count). The zero-order valence-corrected chi connectivity index (χ0v) is 18.9. The van der Waals surface area contributed by atoms with Gasteiger partial charge in [-0.1, -0.05) is 0 Å². The molecule has 2 aliphatic heterocycles. The molecular weight excluding hydrogens is 376 g/mol. The van der Waals surface area contributed by atoms with Crippen molar-refractivity contribution in [2.45, 2.75) is 72.5 Å². The summed E-state index contributed by atoms with van der Waals surface area (Å²) in [6.07, 6.45) is 0.449. The Kier molecular flexibility index (Phi) is 6.75. The van der Waals surface area contributed by atoms with Crippen LogP contribution in [0.25, 0.3) is 0 Å². The van der Waals surface area contributed by atoms with Crippen molar-refractivity contribution in [3.05, 3.63) is 0 Å². The molecule has 1 unspecified atom stereocenters. The Morgan fingerprint density at radius 3 is 1.83 bits per heavy atom. The molecule has 1 spiro atoms. The quantitative estimate of drug-likeness (QED) is 0.510. The molecule has 8 nitrogen and oxygen atoms in total. The van der Waals surface area contributed by atoms with E-state index in [1.165, 1.54) is 0 Å². The molecule has 0 aliphatic carbocycles. The predicted octanol–water partition coefficient (Wildman–Crippen LogP) is 3.43. The van der Waals surface area contributed by atoms with Crippen LogP contribution in [0.2, 0.25) is 0 Å². The molecule has 2 aliphatic rings. The monoisotopic (exact) mass is 412 g/mol. The Morgan fingerprint density at radius 1 is 0.897 bits per heavy atom. The maximum atomic E-state index is 12.7. The minimum absolute atomic E-state index is 0.278. The molecule has 2 fully saturated rings. The van der Waals surface area contributed by atoms with Gasteiger partial charge in [0.25, 0.3) is 0 Å². The van der Waals surface area contributed by atoms with Gasteiger partial charge in [0.05, 0.1) is 12.5 Å². The molecule has 29 heavy (non-hydrogen) atoms. The summed E-state index contributed by atoms with van der Waals surface area (Å²) in [4.78, 5) is 41.0. The first-order chi connectivity index (χ1) is 13.3. The average Bonchev–Trinajstić information content (AvgIpc) is 2.92. The SMILES string of the molecule is CCOC(=O)C1CN(C(=O)OC(C)(C)C)CC12CCN(C(=O)OC(C)(C)C)CC2. The molecule has 8 heteroatoms. The van der Waals surface area contributed by atoms with Crippen LogP contribution in [0.5, 0.6) is 0 Å². The fourth-order valence-corrected chi connectivity index (χ4v) is 3.97. The van der Waals surface area contributed by atoms with Crippen LogP contribution < -0.4 is 0 Å². The van der Waals surface area contributed by atoms with E-state index in [0.29, 0.717) is 39.1 Å². The van der Waals surface area contributed by atoms with E-state index in [9.17, 15) is 14.4 Å². The Hall–Kier alpha value is -1.99. The minimum atomic E-state index is -0.605. The highest BCUT2D eigenvalue weighted by Gasteiger charge is 2.54. The van der Waals surface area contributed by atoms with E-state index in [-0.39, 0.29) is 18.6 Å². The Bertz CT molecular complexity index is 626. The molecule has 2 amide bonds.